The van der Waals surface area contributed by atoms with E-state index in [4.69, 9.17) is 0 Å². The third-order valence-corrected chi connectivity index (χ3v) is 3.13. The molecule has 0 aliphatic rings. The number of fused-ring (bicyclic) bond motifs is 1. The van der Waals surface area contributed by atoms with Gasteiger partial charge in [-0.05, 0) is 26.0 Å². The molecule has 0 atom stereocenters. The second-order valence-electron chi connectivity index (χ2n) is 4.23. The molecule has 3 aromatic rings. The molecule has 3 aromatic heterocycles. The topological polar surface area (TPSA) is 65.6 Å². The second-order valence-corrected chi connectivity index (χ2v) is 4.23. The summed E-state index contributed by atoms with van der Waals surface area (Å²) < 4.78 is 3.21. The van der Waals surface area contributed by atoms with Crippen LogP contribution in [-0.4, -0.2) is 24.3 Å². The zero-order valence-electron chi connectivity index (χ0n) is 10.7. The molecule has 6 heteroatoms. The van der Waals surface area contributed by atoms with Crippen molar-refractivity contribution in [2.75, 3.05) is 0 Å². The third-order valence-electron chi connectivity index (χ3n) is 3.13. The van der Waals surface area contributed by atoms with Crippen LogP contribution in [0.2, 0.25) is 0 Å². The molecule has 0 aromatic carbocycles. The van der Waals surface area contributed by atoms with E-state index in [1.165, 1.54) is 6.33 Å². The second kappa shape index (κ2) is 4.31. The molecule has 0 bridgehead atoms. The van der Waals surface area contributed by atoms with Gasteiger partial charge in [0.25, 0.3) is 5.56 Å². The highest BCUT2D eigenvalue weighted by atomic mass is 16.1. The van der Waals surface area contributed by atoms with Gasteiger partial charge >= 0.3 is 0 Å². The fourth-order valence-corrected chi connectivity index (χ4v) is 2.16. The molecule has 3 rings (SSSR count). The summed E-state index contributed by atoms with van der Waals surface area (Å²) in [4.78, 5) is 20.9. The normalized spacial score (nSPS) is 11.1. The van der Waals surface area contributed by atoms with Gasteiger partial charge in [0.15, 0.2) is 0 Å². The first-order valence-electron chi connectivity index (χ1n) is 6.07. The van der Waals surface area contributed by atoms with Crippen molar-refractivity contribution in [3.63, 3.8) is 0 Å². The summed E-state index contributed by atoms with van der Waals surface area (Å²) in [5.41, 5.74) is 1.92. The predicted molar refractivity (Wildman–Crippen MR) is 71.3 cm³/mol. The van der Waals surface area contributed by atoms with Crippen LogP contribution in [0.3, 0.4) is 0 Å². The summed E-state index contributed by atoms with van der Waals surface area (Å²) in [5, 5.41) is 4.99. The Morgan fingerprint density at radius 1 is 1.32 bits per heavy atom. The Kier molecular flexibility index (Phi) is 2.63. The molecule has 3 heterocycles. The van der Waals surface area contributed by atoms with Gasteiger partial charge in [0.1, 0.15) is 17.7 Å². The minimum Gasteiger partial charge on any atom is -0.291 e. The van der Waals surface area contributed by atoms with E-state index in [0.717, 1.165) is 11.1 Å². The van der Waals surface area contributed by atoms with Gasteiger partial charge in [-0.15, -0.1) is 0 Å². The van der Waals surface area contributed by atoms with Crippen LogP contribution < -0.4 is 5.56 Å². The molecule has 0 saturated heterocycles. The Labute approximate surface area is 109 Å². The monoisotopic (exact) mass is 255 g/mol. The van der Waals surface area contributed by atoms with Crippen molar-refractivity contribution >= 4 is 11.0 Å². The molecule has 0 fully saturated rings. The van der Waals surface area contributed by atoms with Gasteiger partial charge in [-0.1, -0.05) is 0 Å². The lowest BCUT2D eigenvalue weighted by atomic mass is 10.2. The Hall–Kier alpha value is -2.50. The van der Waals surface area contributed by atoms with Crippen LogP contribution in [0, 0.1) is 6.92 Å². The van der Waals surface area contributed by atoms with E-state index in [9.17, 15) is 4.79 Å². The smallest absolute Gasteiger partial charge is 0.278 e. The lowest BCUT2D eigenvalue weighted by Crippen LogP contribution is -2.25. The Bertz CT molecular complexity index is 789. The van der Waals surface area contributed by atoms with E-state index in [1.54, 1.807) is 33.8 Å². The fourth-order valence-electron chi connectivity index (χ4n) is 2.16. The highest BCUT2D eigenvalue weighted by Crippen LogP contribution is 2.15. The molecule has 0 saturated carbocycles. The van der Waals surface area contributed by atoms with E-state index < -0.39 is 0 Å². The molecule has 0 unspecified atom stereocenters. The van der Waals surface area contributed by atoms with Gasteiger partial charge in [-0.3, -0.25) is 9.36 Å². The maximum absolute atomic E-state index is 12.5. The van der Waals surface area contributed by atoms with Crippen LogP contribution in [-0.2, 0) is 6.54 Å². The van der Waals surface area contributed by atoms with Crippen molar-refractivity contribution in [2.45, 2.75) is 20.4 Å². The fraction of sp³-hybridized carbons (Fsp3) is 0.231. The molecule has 0 amide bonds. The first-order valence-corrected chi connectivity index (χ1v) is 6.07. The average molecular weight is 255 g/mol. The van der Waals surface area contributed by atoms with Crippen molar-refractivity contribution in [1.29, 1.82) is 0 Å². The lowest BCUT2D eigenvalue weighted by molar-refractivity contribution is 0.729. The van der Waals surface area contributed by atoms with Crippen molar-refractivity contribution in [1.82, 2.24) is 24.3 Å². The van der Waals surface area contributed by atoms with E-state index in [1.807, 2.05) is 13.8 Å². The van der Waals surface area contributed by atoms with Crippen molar-refractivity contribution in [3.05, 3.63) is 46.9 Å². The summed E-state index contributed by atoms with van der Waals surface area (Å²) in [6.45, 7) is 4.38. The highest BCUT2D eigenvalue weighted by Gasteiger charge is 2.12. The Morgan fingerprint density at radius 2 is 2.16 bits per heavy atom. The summed E-state index contributed by atoms with van der Waals surface area (Å²) in [6.07, 6.45) is 4.88. The van der Waals surface area contributed by atoms with Crippen LogP contribution in [0.1, 0.15) is 12.6 Å². The number of aryl methyl sites for hydroxylation is 2. The van der Waals surface area contributed by atoms with Crippen LogP contribution in [0.15, 0.2) is 35.6 Å². The minimum atomic E-state index is -0.100. The summed E-state index contributed by atoms with van der Waals surface area (Å²) in [5.74, 6) is 0. The average Bonchev–Trinajstić information content (AvgIpc) is 2.92. The molecule has 0 radical (unpaired) electrons. The molecular formula is C13H13N5O. The molecular weight excluding hydrogens is 242 g/mol. The van der Waals surface area contributed by atoms with E-state index in [2.05, 4.69) is 15.1 Å². The molecule has 0 N–H and O–H groups in total. The number of nitrogens with zero attached hydrogens (tertiary/aromatic N) is 5. The van der Waals surface area contributed by atoms with Gasteiger partial charge < -0.3 is 0 Å². The van der Waals surface area contributed by atoms with Crippen LogP contribution in [0.5, 0.6) is 0 Å². The molecule has 0 aliphatic heterocycles. The number of hydrogen-bond acceptors (Lipinski definition) is 4. The zero-order chi connectivity index (χ0) is 13.4. The molecule has 0 aliphatic carbocycles. The quantitative estimate of drug-likeness (QED) is 0.692. The van der Waals surface area contributed by atoms with E-state index >= 15 is 0 Å². The van der Waals surface area contributed by atoms with E-state index in [0.29, 0.717) is 17.9 Å². The standard InChI is InChI=1S/C13H13N5O/c1-3-17-12-10(9(2)14-8-15-12)7-11(13(17)19)18-6-4-5-16-18/h4-8H,3H2,1-2H3. The summed E-state index contributed by atoms with van der Waals surface area (Å²) >= 11 is 0. The molecule has 6 nitrogen and oxygen atoms in total. The van der Waals surface area contributed by atoms with Gasteiger partial charge in [0.05, 0.1) is 5.69 Å². The maximum Gasteiger partial charge on any atom is 0.278 e. The Balaban J connectivity index is 2.45. The van der Waals surface area contributed by atoms with Gasteiger partial charge in [0, 0.05) is 24.3 Å². The largest absolute Gasteiger partial charge is 0.291 e. The van der Waals surface area contributed by atoms with Crippen LogP contribution in [0.4, 0.5) is 0 Å². The minimum absolute atomic E-state index is 0.100. The summed E-state index contributed by atoms with van der Waals surface area (Å²) in [7, 11) is 0. The molecule has 0 spiro atoms. The highest BCUT2D eigenvalue weighted by molar-refractivity contribution is 5.79. The maximum atomic E-state index is 12.5. The Morgan fingerprint density at radius 3 is 2.84 bits per heavy atom. The zero-order valence-corrected chi connectivity index (χ0v) is 10.7. The van der Waals surface area contributed by atoms with Gasteiger partial charge in [-0.2, -0.15) is 5.10 Å². The SMILES string of the molecule is CCn1c(=O)c(-n2cccn2)cc2c(C)ncnc21. The van der Waals surface area contributed by atoms with Gasteiger partial charge in [-0.25, -0.2) is 14.6 Å². The molecule has 19 heavy (non-hydrogen) atoms. The summed E-state index contributed by atoms with van der Waals surface area (Å²) in [6, 6.07) is 3.58. The third kappa shape index (κ3) is 1.72. The van der Waals surface area contributed by atoms with Crippen molar-refractivity contribution in [3.8, 4) is 5.69 Å². The van der Waals surface area contributed by atoms with Crippen molar-refractivity contribution < 1.29 is 0 Å². The number of rotatable bonds is 2. The predicted octanol–water partition coefficient (Wildman–Crippen LogP) is 1.31. The first-order chi connectivity index (χ1) is 9.22. The number of aromatic nitrogens is 5. The molecule has 96 valence electrons. The van der Waals surface area contributed by atoms with Gasteiger partial charge in [0.2, 0.25) is 0 Å². The van der Waals surface area contributed by atoms with Crippen molar-refractivity contribution in [2.24, 2.45) is 0 Å². The number of hydrogen-bond donors (Lipinski definition) is 0. The lowest BCUT2D eigenvalue weighted by Gasteiger charge is -2.11. The van der Waals surface area contributed by atoms with E-state index in [-0.39, 0.29) is 5.56 Å². The van der Waals surface area contributed by atoms with Crippen LogP contribution >= 0.6 is 0 Å². The number of pyridine rings is 1. The first kappa shape index (κ1) is 11.6. The van der Waals surface area contributed by atoms with Crippen LogP contribution in [0.25, 0.3) is 16.7 Å².